The van der Waals surface area contributed by atoms with E-state index in [1.807, 2.05) is 0 Å². The molecule has 0 amide bonds. The van der Waals surface area contributed by atoms with Gasteiger partial charge in [-0.2, -0.15) is 0 Å². The van der Waals surface area contributed by atoms with E-state index in [4.69, 9.17) is 14.5 Å². The quantitative estimate of drug-likeness (QED) is 0.475. The highest BCUT2D eigenvalue weighted by molar-refractivity contribution is 5.79. The van der Waals surface area contributed by atoms with Crippen molar-refractivity contribution in [1.29, 1.82) is 0 Å². The summed E-state index contributed by atoms with van der Waals surface area (Å²) in [5.74, 6) is 1.77. The number of likely N-dealkylation sites (N-methyl/N-ethyl adjacent to an activating group) is 1. The Labute approximate surface area is 170 Å². The number of hydrogen-bond acceptors (Lipinski definition) is 4. The lowest BCUT2D eigenvalue weighted by atomic mass is 10.1. The summed E-state index contributed by atoms with van der Waals surface area (Å²) in [7, 11) is 0. The van der Waals surface area contributed by atoms with Crippen LogP contribution in [-0.4, -0.2) is 62.4 Å². The first kappa shape index (κ1) is 22.5. The number of rotatable bonds is 10. The van der Waals surface area contributed by atoms with Gasteiger partial charge in [-0.3, -0.25) is 4.90 Å². The summed E-state index contributed by atoms with van der Waals surface area (Å²) >= 11 is 0. The van der Waals surface area contributed by atoms with Gasteiger partial charge in [0, 0.05) is 37.7 Å². The monoisotopic (exact) mass is 390 g/mol. The molecule has 1 aliphatic heterocycles. The van der Waals surface area contributed by atoms with Crippen LogP contribution in [-0.2, 0) is 11.3 Å². The van der Waals surface area contributed by atoms with E-state index in [1.54, 1.807) is 0 Å². The van der Waals surface area contributed by atoms with Crippen molar-refractivity contribution in [3.63, 3.8) is 0 Å². The van der Waals surface area contributed by atoms with Crippen molar-refractivity contribution in [2.24, 2.45) is 4.99 Å². The lowest BCUT2D eigenvalue weighted by molar-refractivity contribution is 0.140. The van der Waals surface area contributed by atoms with Crippen molar-refractivity contribution in [2.45, 2.75) is 59.7 Å². The second kappa shape index (κ2) is 11.9. The molecule has 1 aliphatic rings. The van der Waals surface area contributed by atoms with E-state index < -0.39 is 0 Å². The molecule has 1 unspecified atom stereocenters. The van der Waals surface area contributed by atoms with Crippen LogP contribution in [0.25, 0.3) is 0 Å². The Hall–Kier alpha value is -1.79. The molecule has 1 saturated heterocycles. The summed E-state index contributed by atoms with van der Waals surface area (Å²) < 4.78 is 11.6. The van der Waals surface area contributed by atoms with E-state index in [0.29, 0.717) is 19.2 Å². The van der Waals surface area contributed by atoms with Crippen LogP contribution in [0, 0.1) is 6.92 Å². The Bertz CT molecular complexity index is 613. The second-order valence-electron chi connectivity index (χ2n) is 7.56. The third-order valence-electron chi connectivity index (χ3n) is 4.98. The predicted molar refractivity (Wildman–Crippen MR) is 116 cm³/mol. The normalized spacial score (nSPS) is 17.4. The standard InChI is InChI=1S/C22H38N4O2/c1-6-23-22(24-11-12-26(7-2)17(3)4)25-15-19-9-8-18(5)14-21(19)28-20-10-13-27-16-20/h8-9,14,17,20H,6-7,10-13,15-16H2,1-5H3,(H2,23,24,25). The predicted octanol–water partition coefficient (Wildman–Crippen LogP) is 2.95. The lowest BCUT2D eigenvalue weighted by Gasteiger charge is -2.25. The molecule has 2 rings (SSSR count). The number of aryl methyl sites for hydroxylation is 1. The van der Waals surface area contributed by atoms with Crippen molar-refractivity contribution in [3.8, 4) is 5.75 Å². The molecule has 2 N–H and O–H groups in total. The molecule has 1 atom stereocenters. The van der Waals surface area contributed by atoms with Gasteiger partial charge in [0.25, 0.3) is 0 Å². The van der Waals surface area contributed by atoms with Gasteiger partial charge >= 0.3 is 0 Å². The molecule has 6 nitrogen and oxygen atoms in total. The smallest absolute Gasteiger partial charge is 0.191 e. The van der Waals surface area contributed by atoms with Crippen LogP contribution in [0.5, 0.6) is 5.75 Å². The maximum Gasteiger partial charge on any atom is 0.191 e. The van der Waals surface area contributed by atoms with Gasteiger partial charge in [-0.1, -0.05) is 19.1 Å². The minimum atomic E-state index is 0.145. The highest BCUT2D eigenvalue weighted by Crippen LogP contribution is 2.24. The number of ether oxygens (including phenoxy) is 2. The third kappa shape index (κ3) is 7.32. The van der Waals surface area contributed by atoms with Crippen molar-refractivity contribution >= 4 is 5.96 Å². The molecule has 6 heteroatoms. The Morgan fingerprint density at radius 3 is 2.79 bits per heavy atom. The maximum absolute atomic E-state index is 6.19. The molecule has 0 radical (unpaired) electrons. The van der Waals surface area contributed by atoms with Gasteiger partial charge in [-0.15, -0.1) is 0 Å². The van der Waals surface area contributed by atoms with Gasteiger partial charge in [0.15, 0.2) is 5.96 Å². The van der Waals surface area contributed by atoms with E-state index >= 15 is 0 Å². The molecular formula is C22H38N4O2. The lowest BCUT2D eigenvalue weighted by Crippen LogP contribution is -2.43. The van der Waals surface area contributed by atoms with Crippen LogP contribution in [0.2, 0.25) is 0 Å². The summed E-state index contributed by atoms with van der Waals surface area (Å²) in [6.45, 7) is 16.6. The average molecular weight is 391 g/mol. The number of benzene rings is 1. The molecule has 0 bridgehead atoms. The Kier molecular flexibility index (Phi) is 9.58. The third-order valence-corrected chi connectivity index (χ3v) is 4.98. The van der Waals surface area contributed by atoms with Crippen LogP contribution in [0.1, 0.15) is 45.2 Å². The number of nitrogens with one attached hydrogen (secondary N) is 2. The van der Waals surface area contributed by atoms with Crippen molar-refractivity contribution in [3.05, 3.63) is 29.3 Å². The van der Waals surface area contributed by atoms with Gasteiger partial charge in [-0.25, -0.2) is 4.99 Å². The number of aliphatic imine (C=N–C) groups is 1. The van der Waals surface area contributed by atoms with Crippen molar-refractivity contribution < 1.29 is 9.47 Å². The number of guanidine groups is 1. The van der Waals surface area contributed by atoms with Gasteiger partial charge < -0.3 is 20.1 Å². The Morgan fingerprint density at radius 1 is 1.32 bits per heavy atom. The molecule has 1 heterocycles. The van der Waals surface area contributed by atoms with Crippen LogP contribution in [0.15, 0.2) is 23.2 Å². The van der Waals surface area contributed by atoms with E-state index in [1.165, 1.54) is 5.56 Å². The topological polar surface area (TPSA) is 58.1 Å². The summed E-state index contributed by atoms with van der Waals surface area (Å²) in [6.07, 6.45) is 1.09. The number of hydrogen-bond donors (Lipinski definition) is 2. The van der Waals surface area contributed by atoms with Crippen molar-refractivity contribution in [1.82, 2.24) is 15.5 Å². The fourth-order valence-electron chi connectivity index (χ4n) is 3.29. The van der Waals surface area contributed by atoms with Crippen LogP contribution in [0.4, 0.5) is 0 Å². The minimum Gasteiger partial charge on any atom is -0.488 e. The molecule has 28 heavy (non-hydrogen) atoms. The maximum atomic E-state index is 6.19. The average Bonchev–Trinajstić information content (AvgIpc) is 3.17. The van der Waals surface area contributed by atoms with Crippen LogP contribution in [0.3, 0.4) is 0 Å². The highest BCUT2D eigenvalue weighted by atomic mass is 16.5. The summed E-state index contributed by atoms with van der Waals surface area (Å²) in [5, 5.41) is 6.79. The van der Waals surface area contributed by atoms with E-state index in [2.05, 4.69) is 68.4 Å². The molecule has 0 spiro atoms. The molecular weight excluding hydrogens is 352 g/mol. The van der Waals surface area contributed by atoms with E-state index in [-0.39, 0.29) is 6.10 Å². The SMILES string of the molecule is CCNC(=NCc1ccc(C)cc1OC1CCOC1)NCCN(CC)C(C)C. The zero-order valence-electron chi connectivity index (χ0n) is 18.3. The van der Waals surface area contributed by atoms with Crippen LogP contribution >= 0.6 is 0 Å². The molecule has 0 aromatic heterocycles. The summed E-state index contributed by atoms with van der Waals surface area (Å²) in [4.78, 5) is 7.22. The molecule has 1 fully saturated rings. The van der Waals surface area contributed by atoms with Gasteiger partial charge in [0.05, 0.1) is 19.8 Å². The second-order valence-corrected chi connectivity index (χ2v) is 7.56. The summed E-state index contributed by atoms with van der Waals surface area (Å²) in [6, 6.07) is 6.89. The van der Waals surface area contributed by atoms with Gasteiger partial charge in [-0.05, 0) is 45.9 Å². The minimum absolute atomic E-state index is 0.145. The van der Waals surface area contributed by atoms with Crippen molar-refractivity contribution in [2.75, 3.05) is 39.4 Å². The fourth-order valence-corrected chi connectivity index (χ4v) is 3.29. The van der Waals surface area contributed by atoms with Crippen LogP contribution < -0.4 is 15.4 Å². The first-order valence-corrected chi connectivity index (χ1v) is 10.6. The fraction of sp³-hybridized carbons (Fsp3) is 0.682. The van der Waals surface area contributed by atoms with Gasteiger partial charge in [0.1, 0.15) is 11.9 Å². The first-order valence-electron chi connectivity index (χ1n) is 10.6. The first-order chi connectivity index (χ1) is 13.5. The zero-order valence-corrected chi connectivity index (χ0v) is 18.3. The zero-order chi connectivity index (χ0) is 20.4. The Morgan fingerprint density at radius 2 is 2.14 bits per heavy atom. The Balaban J connectivity index is 1.99. The molecule has 1 aromatic rings. The molecule has 1 aromatic carbocycles. The van der Waals surface area contributed by atoms with E-state index in [9.17, 15) is 0 Å². The van der Waals surface area contributed by atoms with Gasteiger partial charge in [0.2, 0.25) is 0 Å². The largest absolute Gasteiger partial charge is 0.488 e. The number of nitrogens with zero attached hydrogens (tertiary/aromatic N) is 2. The summed E-state index contributed by atoms with van der Waals surface area (Å²) in [5.41, 5.74) is 2.30. The molecule has 0 aliphatic carbocycles. The molecule has 158 valence electrons. The highest BCUT2D eigenvalue weighted by Gasteiger charge is 2.18. The molecule has 0 saturated carbocycles. The van der Waals surface area contributed by atoms with E-state index in [0.717, 1.165) is 56.5 Å².